The number of para-hydroxylation sites is 1. The second kappa shape index (κ2) is 7.92. The molecule has 1 aliphatic carbocycles. The van der Waals surface area contributed by atoms with Gasteiger partial charge in [-0.05, 0) is 48.4 Å². The first-order valence-corrected chi connectivity index (χ1v) is 9.23. The van der Waals surface area contributed by atoms with Crippen LogP contribution in [-0.2, 0) is 17.8 Å². The van der Waals surface area contributed by atoms with Gasteiger partial charge in [0.2, 0.25) is 0 Å². The Morgan fingerprint density at radius 2 is 1.88 bits per heavy atom. The van der Waals surface area contributed by atoms with Gasteiger partial charge in [0, 0.05) is 17.0 Å². The van der Waals surface area contributed by atoms with E-state index in [0.717, 1.165) is 28.3 Å². The van der Waals surface area contributed by atoms with Crippen molar-refractivity contribution >= 4 is 17.6 Å². The van der Waals surface area contributed by atoms with Crippen LogP contribution in [0.4, 0.5) is 0 Å². The lowest BCUT2D eigenvalue weighted by atomic mass is 10.0. The van der Waals surface area contributed by atoms with Crippen LogP contribution < -0.4 is 9.47 Å². The van der Waals surface area contributed by atoms with Crippen LogP contribution in [0.5, 0.6) is 11.5 Å². The molecule has 0 N–H and O–H groups in total. The number of hydrogen-bond donors (Lipinski definition) is 0. The highest BCUT2D eigenvalue weighted by Gasteiger charge is 2.28. The van der Waals surface area contributed by atoms with Crippen LogP contribution in [-0.4, -0.2) is 5.97 Å². The molecule has 4 heteroatoms. The van der Waals surface area contributed by atoms with Gasteiger partial charge in [-0.25, -0.2) is 0 Å². The highest BCUT2D eigenvalue weighted by molar-refractivity contribution is 6.31. The second-order valence-corrected chi connectivity index (χ2v) is 6.74. The normalized spacial score (nSPS) is 13.6. The minimum absolute atomic E-state index is 0.249. The molecule has 0 aromatic heterocycles. The minimum atomic E-state index is -0.249. The molecule has 3 rings (SSSR count). The molecule has 2 aromatic rings. The average molecular weight is 359 g/mol. The maximum absolute atomic E-state index is 11.6. The van der Waals surface area contributed by atoms with Crippen molar-refractivity contribution in [2.24, 2.45) is 0 Å². The summed E-state index contributed by atoms with van der Waals surface area (Å²) < 4.78 is 11.5. The van der Waals surface area contributed by atoms with Gasteiger partial charge in [-0.1, -0.05) is 49.7 Å². The molecule has 0 heterocycles. The Morgan fingerprint density at radius 3 is 2.56 bits per heavy atom. The maximum Gasteiger partial charge on any atom is 0.310 e. The number of aryl methyl sites for hydroxylation is 1. The zero-order valence-electron chi connectivity index (χ0n) is 14.7. The van der Waals surface area contributed by atoms with E-state index < -0.39 is 0 Å². The van der Waals surface area contributed by atoms with E-state index in [1.54, 1.807) is 13.0 Å². The molecule has 1 fully saturated rings. The molecule has 132 valence electrons. The van der Waals surface area contributed by atoms with Crippen LogP contribution in [0.1, 0.15) is 55.7 Å². The number of ether oxygens (including phenoxy) is 2. The molecule has 0 unspecified atom stereocenters. The summed E-state index contributed by atoms with van der Waals surface area (Å²) in [5.41, 5.74) is 3.25. The minimum Gasteiger partial charge on any atom is -0.488 e. The van der Waals surface area contributed by atoms with E-state index in [9.17, 15) is 4.79 Å². The third kappa shape index (κ3) is 4.35. The fourth-order valence-corrected chi connectivity index (χ4v) is 3.09. The van der Waals surface area contributed by atoms with Crippen molar-refractivity contribution in [1.29, 1.82) is 0 Å². The number of rotatable bonds is 7. The molecule has 0 amide bonds. The third-order valence-electron chi connectivity index (χ3n) is 4.45. The number of carbonyl (C=O) groups excluding carboxylic acids is 1. The van der Waals surface area contributed by atoms with E-state index in [4.69, 9.17) is 21.1 Å². The van der Waals surface area contributed by atoms with Crippen LogP contribution in [0.3, 0.4) is 0 Å². The fourth-order valence-electron chi connectivity index (χ4n) is 2.80. The quantitative estimate of drug-likeness (QED) is 0.472. The lowest BCUT2D eigenvalue weighted by Gasteiger charge is -2.15. The van der Waals surface area contributed by atoms with Gasteiger partial charge in [0.1, 0.15) is 18.1 Å². The Labute approximate surface area is 153 Å². The Balaban J connectivity index is 1.80. The smallest absolute Gasteiger partial charge is 0.310 e. The third-order valence-corrected chi connectivity index (χ3v) is 4.80. The van der Waals surface area contributed by atoms with E-state index in [0.29, 0.717) is 24.7 Å². The molecule has 1 aliphatic rings. The van der Waals surface area contributed by atoms with Gasteiger partial charge in [0.15, 0.2) is 0 Å². The van der Waals surface area contributed by atoms with Crippen LogP contribution in [0, 0.1) is 0 Å². The number of esters is 1. The molecule has 25 heavy (non-hydrogen) atoms. The molecule has 0 aliphatic heterocycles. The van der Waals surface area contributed by atoms with Gasteiger partial charge in [0.05, 0.1) is 0 Å². The first-order valence-electron chi connectivity index (χ1n) is 8.86. The number of hydrogen-bond acceptors (Lipinski definition) is 3. The molecule has 0 spiro atoms. The molecule has 0 saturated heterocycles. The van der Waals surface area contributed by atoms with Gasteiger partial charge < -0.3 is 9.47 Å². The fraction of sp³-hybridized carbons (Fsp3) is 0.381. The molecular formula is C21H23ClO3. The second-order valence-electron chi connectivity index (χ2n) is 6.33. The zero-order valence-corrected chi connectivity index (χ0v) is 15.4. The number of benzene rings is 2. The van der Waals surface area contributed by atoms with Crippen LogP contribution in [0.15, 0.2) is 36.4 Å². The SMILES string of the molecule is CCC(=O)Oc1ccccc1COc1cc(Cl)c(CC)cc1C1CC1. The molecule has 1 saturated carbocycles. The number of carbonyl (C=O) groups is 1. The Hall–Kier alpha value is -2.00. The standard InChI is InChI=1S/C21H23ClO3/c1-3-14-11-17(15-9-10-15)20(12-18(14)22)24-13-16-7-5-6-8-19(16)25-21(23)4-2/h5-8,11-12,15H,3-4,9-10,13H2,1-2H3. The van der Waals surface area contributed by atoms with Crippen molar-refractivity contribution in [3.63, 3.8) is 0 Å². The van der Waals surface area contributed by atoms with Crippen molar-refractivity contribution in [2.45, 2.75) is 52.1 Å². The predicted octanol–water partition coefficient (Wildman–Crippen LogP) is 5.67. The summed E-state index contributed by atoms with van der Waals surface area (Å²) in [6.45, 7) is 4.23. The summed E-state index contributed by atoms with van der Waals surface area (Å²) in [4.78, 5) is 11.6. The summed E-state index contributed by atoms with van der Waals surface area (Å²) in [5.74, 6) is 1.71. The first kappa shape index (κ1) is 17.8. The molecule has 0 atom stereocenters. The molecule has 0 radical (unpaired) electrons. The van der Waals surface area contributed by atoms with Crippen LogP contribution in [0.2, 0.25) is 5.02 Å². The van der Waals surface area contributed by atoms with E-state index in [1.807, 2.05) is 24.3 Å². The van der Waals surface area contributed by atoms with E-state index in [-0.39, 0.29) is 5.97 Å². The lowest BCUT2D eigenvalue weighted by molar-refractivity contribution is -0.134. The monoisotopic (exact) mass is 358 g/mol. The van der Waals surface area contributed by atoms with Crippen LogP contribution in [0.25, 0.3) is 0 Å². The first-order chi connectivity index (χ1) is 12.1. The largest absolute Gasteiger partial charge is 0.488 e. The van der Waals surface area contributed by atoms with Gasteiger partial charge in [-0.2, -0.15) is 0 Å². The van der Waals surface area contributed by atoms with Gasteiger partial charge >= 0.3 is 5.97 Å². The van der Waals surface area contributed by atoms with Crippen LogP contribution >= 0.6 is 11.6 Å². The maximum atomic E-state index is 11.6. The lowest BCUT2D eigenvalue weighted by Crippen LogP contribution is -2.08. The van der Waals surface area contributed by atoms with E-state index in [1.165, 1.54) is 18.4 Å². The summed E-state index contributed by atoms with van der Waals surface area (Å²) in [7, 11) is 0. The summed E-state index contributed by atoms with van der Waals surface area (Å²) >= 11 is 6.38. The predicted molar refractivity (Wildman–Crippen MR) is 99.5 cm³/mol. The highest BCUT2D eigenvalue weighted by atomic mass is 35.5. The Bertz CT molecular complexity index is 766. The zero-order chi connectivity index (χ0) is 17.8. The highest BCUT2D eigenvalue weighted by Crippen LogP contribution is 2.46. The van der Waals surface area contributed by atoms with Crippen molar-refractivity contribution < 1.29 is 14.3 Å². The van der Waals surface area contributed by atoms with Gasteiger partial charge in [-0.3, -0.25) is 4.79 Å². The number of halogens is 1. The Morgan fingerprint density at radius 1 is 1.12 bits per heavy atom. The topological polar surface area (TPSA) is 35.5 Å². The average Bonchev–Trinajstić information content (AvgIpc) is 3.46. The summed E-state index contributed by atoms with van der Waals surface area (Å²) in [6.07, 6.45) is 3.65. The van der Waals surface area contributed by atoms with Gasteiger partial charge in [-0.15, -0.1) is 0 Å². The van der Waals surface area contributed by atoms with Crippen molar-refractivity contribution in [1.82, 2.24) is 0 Å². The molecule has 2 aromatic carbocycles. The van der Waals surface area contributed by atoms with Crippen molar-refractivity contribution in [2.75, 3.05) is 0 Å². The summed E-state index contributed by atoms with van der Waals surface area (Å²) in [5, 5.41) is 0.743. The molecule has 0 bridgehead atoms. The van der Waals surface area contributed by atoms with E-state index >= 15 is 0 Å². The van der Waals surface area contributed by atoms with Gasteiger partial charge in [0.25, 0.3) is 0 Å². The summed E-state index contributed by atoms with van der Waals surface area (Å²) in [6, 6.07) is 11.6. The Kier molecular flexibility index (Phi) is 5.64. The van der Waals surface area contributed by atoms with Crippen molar-refractivity contribution in [3.8, 4) is 11.5 Å². The molecular weight excluding hydrogens is 336 g/mol. The van der Waals surface area contributed by atoms with E-state index in [2.05, 4.69) is 13.0 Å². The van der Waals surface area contributed by atoms with Crippen molar-refractivity contribution in [3.05, 3.63) is 58.1 Å². The molecule has 3 nitrogen and oxygen atoms in total.